The molecule has 0 aliphatic carbocycles. The predicted molar refractivity (Wildman–Crippen MR) is 103 cm³/mol. The Kier molecular flexibility index (Phi) is 7.50. The Morgan fingerprint density at radius 1 is 0.941 bits per heavy atom. The summed E-state index contributed by atoms with van der Waals surface area (Å²) in [6.45, 7) is 1.77. The number of hydrogen-bond donors (Lipinski definition) is 1. The van der Waals surface area contributed by atoms with Crippen LogP contribution in [0, 0.1) is 6.92 Å². The number of alkyl halides is 9. The monoisotopic (exact) mass is 522 g/mol. The van der Waals surface area contributed by atoms with Crippen LogP contribution >= 0.6 is 0 Å². The van der Waals surface area contributed by atoms with Crippen molar-refractivity contribution in [3.05, 3.63) is 64.2 Å². The minimum absolute atomic E-state index is 0.0835. The van der Waals surface area contributed by atoms with Gasteiger partial charge >= 0.3 is 27.9 Å². The Labute approximate surface area is 187 Å². The predicted octanol–water partition coefficient (Wildman–Crippen LogP) is 6.23. The molecule has 0 saturated heterocycles. The minimum atomic E-state index is -5.78. The van der Waals surface area contributed by atoms with Gasteiger partial charge in [-0.2, -0.15) is 47.9 Å². The summed E-state index contributed by atoms with van der Waals surface area (Å²) in [4.78, 5) is 4.80. The van der Waals surface area contributed by atoms with Gasteiger partial charge in [-0.25, -0.2) is 0 Å². The van der Waals surface area contributed by atoms with Gasteiger partial charge < -0.3 is 4.84 Å². The molecular formula is C19H15F9N2O3S. The van der Waals surface area contributed by atoms with Crippen molar-refractivity contribution in [2.45, 2.75) is 38.3 Å². The molecule has 188 valence electrons. The van der Waals surface area contributed by atoms with E-state index in [1.165, 1.54) is 30.7 Å². The summed E-state index contributed by atoms with van der Waals surface area (Å²) in [6.07, 6.45) is -10.2. The van der Waals surface area contributed by atoms with E-state index in [1.807, 2.05) is 0 Å². The molecule has 0 aliphatic rings. The van der Waals surface area contributed by atoms with Crippen LogP contribution in [0.5, 0.6) is 0 Å². The lowest BCUT2D eigenvalue weighted by atomic mass is 10.0. The van der Waals surface area contributed by atoms with Crippen LogP contribution in [-0.2, 0) is 33.8 Å². The van der Waals surface area contributed by atoms with Crippen LogP contribution in [-0.4, -0.2) is 19.6 Å². The molecule has 0 fully saturated rings. The lowest BCUT2D eigenvalue weighted by Gasteiger charge is -2.16. The van der Waals surface area contributed by atoms with E-state index in [2.05, 4.69) is 5.16 Å². The van der Waals surface area contributed by atoms with Crippen LogP contribution in [0.4, 0.5) is 45.2 Å². The lowest BCUT2D eigenvalue weighted by Crippen LogP contribution is -2.30. The zero-order valence-electron chi connectivity index (χ0n) is 17.2. The van der Waals surface area contributed by atoms with Gasteiger partial charge in [0.25, 0.3) is 0 Å². The molecule has 1 N–H and O–H groups in total. The van der Waals surface area contributed by atoms with Crippen LogP contribution in [0.15, 0.2) is 41.6 Å². The molecule has 34 heavy (non-hydrogen) atoms. The summed E-state index contributed by atoms with van der Waals surface area (Å²) in [5.74, 6) is 0. The third-order valence-corrected chi connectivity index (χ3v) is 5.38. The van der Waals surface area contributed by atoms with E-state index in [1.54, 1.807) is 0 Å². The Hall–Kier alpha value is -2.97. The third kappa shape index (κ3) is 6.55. The fourth-order valence-corrected chi connectivity index (χ4v) is 3.22. The SMILES string of the molecule is C/C(=N\OCc1ccc(C(F)(F)F)cc1C(F)(F)F)c1cc(C)ccc1NS(=O)(=O)C(F)(F)F. The highest BCUT2D eigenvalue weighted by Crippen LogP contribution is 2.37. The summed E-state index contributed by atoms with van der Waals surface area (Å²) in [5, 5.41) is 3.49. The van der Waals surface area contributed by atoms with Crippen LogP contribution in [0.3, 0.4) is 0 Å². The van der Waals surface area contributed by atoms with Crippen molar-refractivity contribution in [1.29, 1.82) is 0 Å². The number of nitrogens with zero attached hydrogens (tertiary/aromatic N) is 1. The van der Waals surface area contributed by atoms with Crippen molar-refractivity contribution in [3.63, 3.8) is 0 Å². The van der Waals surface area contributed by atoms with E-state index < -0.39 is 56.9 Å². The quantitative estimate of drug-likeness (QED) is 0.278. The number of oxime groups is 1. The van der Waals surface area contributed by atoms with E-state index in [4.69, 9.17) is 4.84 Å². The molecule has 0 unspecified atom stereocenters. The molecule has 2 aromatic rings. The summed E-state index contributed by atoms with van der Waals surface area (Å²) in [7, 11) is -5.78. The number of rotatable bonds is 6. The van der Waals surface area contributed by atoms with Gasteiger partial charge in [-0.15, -0.1) is 0 Å². The average Bonchev–Trinajstić information content (AvgIpc) is 2.66. The normalized spacial score (nSPS) is 13.7. The molecule has 0 amide bonds. The number of sulfonamides is 1. The standard InChI is InChI=1S/C19H15F9N2O3S/c1-10-3-6-16(30-34(31,32)19(26,27)28)14(7-10)11(2)29-33-9-12-4-5-13(17(20,21)22)8-15(12)18(23,24)25/h3-8,30H,9H2,1-2H3/b29-11+. The minimum Gasteiger partial charge on any atom is -0.391 e. The summed E-state index contributed by atoms with van der Waals surface area (Å²) in [5.41, 5.74) is -9.87. The van der Waals surface area contributed by atoms with Crippen LogP contribution in [0.25, 0.3) is 0 Å². The molecule has 0 aliphatic heterocycles. The maximum absolute atomic E-state index is 13.2. The second kappa shape index (κ2) is 9.35. The van der Waals surface area contributed by atoms with Crippen molar-refractivity contribution in [2.75, 3.05) is 4.72 Å². The second-order valence-corrected chi connectivity index (χ2v) is 8.59. The maximum atomic E-state index is 13.2. The molecule has 0 heterocycles. The van der Waals surface area contributed by atoms with Gasteiger partial charge in [-0.1, -0.05) is 22.9 Å². The molecule has 0 bridgehead atoms. The van der Waals surface area contributed by atoms with Crippen molar-refractivity contribution >= 4 is 21.4 Å². The molecule has 15 heteroatoms. The molecule has 0 aromatic heterocycles. The number of benzene rings is 2. The molecule has 0 saturated carbocycles. The first kappa shape index (κ1) is 27.3. The molecule has 2 aromatic carbocycles. The first-order chi connectivity index (χ1) is 15.3. The largest absolute Gasteiger partial charge is 0.516 e. The highest BCUT2D eigenvalue weighted by atomic mass is 32.2. The topological polar surface area (TPSA) is 67.8 Å². The van der Waals surface area contributed by atoms with Gasteiger partial charge in [0.2, 0.25) is 0 Å². The van der Waals surface area contributed by atoms with Gasteiger partial charge in [0, 0.05) is 11.1 Å². The highest BCUT2D eigenvalue weighted by molar-refractivity contribution is 7.93. The Morgan fingerprint density at radius 3 is 2.09 bits per heavy atom. The Morgan fingerprint density at radius 2 is 1.56 bits per heavy atom. The molecule has 0 spiro atoms. The molecule has 0 atom stereocenters. The number of aryl methyl sites for hydroxylation is 1. The Balaban J connectivity index is 2.34. The average molecular weight is 522 g/mol. The number of halogens is 9. The Bertz CT molecular complexity index is 1180. The summed E-state index contributed by atoms with van der Waals surface area (Å²) in [6, 6.07) is 4.46. The summed E-state index contributed by atoms with van der Waals surface area (Å²) >= 11 is 0. The maximum Gasteiger partial charge on any atom is 0.516 e. The fourth-order valence-electron chi connectivity index (χ4n) is 2.64. The number of nitrogens with one attached hydrogen (secondary N) is 1. The first-order valence-electron chi connectivity index (χ1n) is 8.97. The van der Waals surface area contributed by atoms with Gasteiger partial charge in [0.15, 0.2) is 0 Å². The van der Waals surface area contributed by atoms with E-state index >= 15 is 0 Å². The van der Waals surface area contributed by atoms with Crippen molar-refractivity contribution in [1.82, 2.24) is 0 Å². The van der Waals surface area contributed by atoms with Gasteiger partial charge in [-0.3, -0.25) is 4.72 Å². The highest BCUT2D eigenvalue weighted by Gasteiger charge is 2.46. The second-order valence-electron chi connectivity index (χ2n) is 6.92. The molecule has 5 nitrogen and oxygen atoms in total. The molecular weight excluding hydrogens is 507 g/mol. The van der Waals surface area contributed by atoms with Crippen molar-refractivity contribution in [3.8, 4) is 0 Å². The smallest absolute Gasteiger partial charge is 0.391 e. The zero-order chi connectivity index (χ0) is 26.1. The van der Waals surface area contributed by atoms with Crippen LogP contribution in [0.1, 0.15) is 34.7 Å². The molecule has 2 rings (SSSR count). The zero-order valence-corrected chi connectivity index (χ0v) is 18.0. The van der Waals surface area contributed by atoms with E-state index in [0.29, 0.717) is 17.7 Å². The number of hydrogen-bond acceptors (Lipinski definition) is 4. The van der Waals surface area contributed by atoms with Crippen molar-refractivity contribution < 1.29 is 52.8 Å². The van der Waals surface area contributed by atoms with Crippen LogP contribution < -0.4 is 4.72 Å². The lowest BCUT2D eigenvalue weighted by molar-refractivity contribution is -0.143. The first-order valence-corrected chi connectivity index (χ1v) is 10.5. The molecule has 0 radical (unpaired) electrons. The van der Waals surface area contributed by atoms with Gasteiger partial charge in [0.1, 0.15) is 6.61 Å². The summed E-state index contributed by atoms with van der Waals surface area (Å²) < 4.78 is 140. The number of anilines is 1. The van der Waals surface area contributed by atoms with Gasteiger partial charge in [0.05, 0.1) is 22.5 Å². The van der Waals surface area contributed by atoms with Gasteiger partial charge in [-0.05, 0) is 38.1 Å². The third-order valence-electron chi connectivity index (χ3n) is 4.28. The van der Waals surface area contributed by atoms with E-state index in [9.17, 15) is 47.9 Å². The fraction of sp³-hybridized carbons (Fsp3) is 0.316. The van der Waals surface area contributed by atoms with E-state index in [0.717, 1.165) is 6.07 Å². The van der Waals surface area contributed by atoms with Crippen LogP contribution in [0.2, 0.25) is 0 Å². The van der Waals surface area contributed by atoms with E-state index in [-0.39, 0.29) is 17.3 Å². The van der Waals surface area contributed by atoms with Crippen molar-refractivity contribution in [2.24, 2.45) is 5.16 Å².